The fourth-order valence-corrected chi connectivity index (χ4v) is 2.32. The van der Waals surface area contributed by atoms with Gasteiger partial charge in [0.2, 0.25) is 0 Å². The van der Waals surface area contributed by atoms with E-state index in [1.807, 2.05) is 24.3 Å². The van der Waals surface area contributed by atoms with Gasteiger partial charge in [0.15, 0.2) is 0 Å². The van der Waals surface area contributed by atoms with E-state index in [0.717, 1.165) is 28.8 Å². The lowest BCUT2D eigenvalue weighted by Crippen LogP contribution is -2.19. The molecule has 0 radical (unpaired) electrons. The quantitative estimate of drug-likeness (QED) is 0.837. The molecule has 2 rings (SSSR count). The molecule has 1 unspecified atom stereocenters. The minimum Gasteiger partial charge on any atom is -0.497 e. The molecule has 1 aromatic carbocycles. The number of ether oxygens (including phenoxy) is 2. The van der Waals surface area contributed by atoms with Gasteiger partial charge in [-0.25, -0.2) is 0 Å². The summed E-state index contributed by atoms with van der Waals surface area (Å²) in [7, 11) is 1.66. The first-order valence-electron chi connectivity index (χ1n) is 5.46. The average molecular weight is 283 g/mol. The standard InChI is InChI=1S/C13H15BrO2/c1-15-10-5-4-6-11(9-10)16-13-8-3-2-7-12(13)14/h4-7,9,13H,2-3,8H2,1H3. The summed E-state index contributed by atoms with van der Waals surface area (Å²) in [5.41, 5.74) is 0. The molecule has 0 amide bonds. The Balaban J connectivity index is 2.08. The molecule has 0 bridgehead atoms. The largest absolute Gasteiger partial charge is 0.497 e. The minimum atomic E-state index is 0.154. The summed E-state index contributed by atoms with van der Waals surface area (Å²) in [5, 5.41) is 0. The lowest BCUT2D eigenvalue weighted by Gasteiger charge is -2.22. The summed E-state index contributed by atoms with van der Waals surface area (Å²) in [5.74, 6) is 1.69. The van der Waals surface area contributed by atoms with Crippen molar-refractivity contribution in [3.63, 3.8) is 0 Å². The molecule has 0 aliphatic heterocycles. The molecule has 1 atom stereocenters. The highest BCUT2D eigenvalue weighted by molar-refractivity contribution is 9.11. The first-order chi connectivity index (χ1) is 7.79. The van der Waals surface area contributed by atoms with Gasteiger partial charge in [-0.05, 0) is 31.4 Å². The van der Waals surface area contributed by atoms with Gasteiger partial charge in [-0.2, -0.15) is 0 Å². The van der Waals surface area contributed by atoms with Crippen LogP contribution in [0.4, 0.5) is 0 Å². The minimum absolute atomic E-state index is 0.154. The predicted molar refractivity (Wildman–Crippen MR) is 68.3 cm³/mol. The summed E-state index contributed by atoms with van der Waals surface area (Å²) in [4.78, 5) is 0. The number of hydrogen-bond donors (Lipinski definition) is 0. The molecule has 0 aromatic heterocycles. The van der Waals surface area contributed by atoms with Crippen molar-refractivity contribution in [2.75, 3.05) is 7.11 Å². The predicted octanol–water partition coefficient (Wildman–Crippen LogP) is 3.91. The maximum absolute atomic E-state index is 5.91. The maximum atomic E-state index is 5.91. The van der Waals surface area contributed by atoms with E-state index in [0.29, 0.717) is 0 Å². The van der Waals surface area contributed by atoms with Crippen LogP contribution in [0, 0.1) is 0 Å². The highest BCUT2D eigenvalue weighted by Crippen LogP contribution is 2.28. The van der Waals surface area contributed by atoms with Gasteiger partial charge in [-0.15, -0.1) is 0 Å². The summed E-state index contributed by atoms with van der Waals surface area (Å²) in [6, 6.07) is 7.72. The topological polar surface area (TPSA) is 18.5 Å². The van der Waals surface area contributed by atoms with Crippen molar-refractivity contribution in [3.05, 3.63) is 34.8 Å². The van der Waals surface area contributed by atoms with Crippen LogP contribution >= 0.6 is 15.9 Å². The van der Waals surface area contributed by atoms with Gasteiger partial charge >= 0.3 is 0 Å². The Hall–Kier alpha value is -0.960. The van der Waals surface area contributed by atoms with E-state index in [4.69, 9.17) is 9.47 Å². The second kappa shape index (κ2) is 5.39. The molecular formula is C13H15BrO2. The Labute approximate surface area is 104 Å². The molecular weight excluding hydrogens is 268 g/mol. The van der Waals surface area contributed by atoms with Crippen LogP contribution in [0.25, 0.3) is 0 Å². The van der Waals surface area contributed by atoms with Crippen molar-refractivity contribution in [3.8, 4) is 11.5 Å². The normalized spacial score (nSPS) is 20.1. The van der Waals surface area contributed by atoms with Gasteiger partial charge in [-0.3, -0.25) is 0 Å². The maximum Gasteiger partial charge on any atom is 0.130 e. The zero-order valence-corrected chi connectivity index (χ0v) is 10.9. The van der Waals surface area contributed by atoms with E-state index >= 15 is 0 Å². The van der Waals surface area contributed by atoms with E-state index in [9.17, 15) is 0 Å². The van der Waals surface area contributed by atoms with Gasteiger partial charge in [0.25, 0.3) is 0 Å². The van der Waals surface area contributed by atoms with Crippen molar-refractivity contribution in [1.29, 1.82) is 0 Å². The van der Waals surface area contributed by atoms with E-state index in [-0.39, 0.29) is 6.10 Å². The number of benzene rings is 1. The molecule has 1 aliphatic carbocycles. The Morgan fingerprint density at radius 2 is 2.12 bits per heavy atom. The smallest absolute Gasteiger partial charge is 0.130 e. The third kappa shape index (κ3) is 2.79. The SMILES string of the molecule is COc1cccc(OC2CCCC=C2Br)c1. The van der Waals surface area contributed by atoms with Crippen LogP contribution in [0.15, 0.2) is 34.8 Å². The summed E-state index contributed by atoms with van der Waals surface area (Å²) in [6.45, 7) is 0. The number of allylic oxidation sites excluding steroid dienone is 1. The lowest BCUT2D eigenvalue weighted by molar-refractivity contribution is 0.226. The molecule has 3 heteroatoms. The zero-order valence-electron chi connectivity index (χ0n) is 9.28. The van der Waals surface area contributed by atoms with Gasteiger partial charge in [0, 0.05) is 10.5 Å². The Kier molecular flexibility index (Phi) is 3.88. The fraction of sp³-hybridized carbons (Fsp3) is 0.385. The van der Waals surface area contributed by atoms with Gasteiger partial charge < -0.3 is 9.47 Å². The van der Waals surface area contributed by atoms with Gasteiger partial charge in [0.1, 0.15) is 17.6 Å². The van der Waals surface area contributed by atoms with Crippen LogP contribution in [-0.4, -0.2) is 13.2 Å². The van der Waals surface area contributed by atoms with E-state index < -0.39 is 0 Å². The van der Waals surface area contributed by atoms with Crippen LogP contribution in [0.3, 0.4) is 0 Å². The average Bonchev–Trinajstić information content (AvgIpc) is 2.32. The Morgan fingerprint density at radius 1 is 1.31 bits per heavy atom. The Morgan fingerprint density at radius 3 is 2.88 bits per heavy atom. The van der Waals surface area contributed by atoms with Crippen molar-refractivity contribution >= 4 is 15.9 Å². The molecule has 1 aromatic rings. The third-order valence-corrected chi connectivity index (χ3v) is 3.47. The molecule has 0 spiro atoms. The van der Waals surface area contributed by atoms with E-state index in [1.54, 1.807) is 7.11 Å². The monoisotopic (exact) mass is 282 g/mol. The molecule has 0 N–H and O–H groups in total. The number of rotatable bonds is 3. The van der Waals surface area contributed by atoms with Crippen LogP contribution in [0.5, 0.6) is 11.5 Å². The van der Waals surface area contributed by atoms with Crippen molar-refractivity contribution in [2.45, 2.75) is 25.4 Å². The van der Waals surface area contributed by atoms with Crippen LogP contribution in [0.2, 0.25) is 0 Å². The van der Waals surface area contributed by atoms with Crippen LogP contribution < -0.4 is 9.47 Å². The highest BCUT2D eigenvalue weighted by Gasteiger charge is 2.17. The van der Waals surface area contributed by atoms with E-state index in [1.165, 1.54) is 6.42 Å². The van der Waals surface area contributed by atoms with Gasteiger partial charge in [-0.1, -0.05) is 28.1 Å². The second-order valence-electron chi connectivity index (χ2n) is 3.81. The Bertz CT molecular complexity index is 387. The first kappa shape index (κ1) is 11.5. The molecule has 0 heterocycles. The fourth-order valence-electron chi connectivity index (χ4n) is 1.77. The second-order valence-corrected chi connectivity index (χ2v) is 4.72. The van der Waals surface area contributed by atoms with Gasteiger partial charge in [0.05, 0.1) is 7.11 Å². The molecule has 16 heavy (non-hydrogen) atoms. The van der Waals surface area contributed by atoms with Crippen molar-refractivity contribution < 1.29 is 9.47 Å². The number of methoxy groups -OCH3 is 1. The highest BCUT2D eigenvalue weighted by atomic mass is 79.9. The van der Waals surface area contributed by atoms with Crippen molar-refractivity contribution in [1.82, 2.24) is 0 Å². The molecule has 86 valence electrons. The van der Waals surface area contributed by atoms with Crippen molar-refractivity contribution in [2.24, 2.45) is 0 Å². The molecule has 2 nitrogen and oxygen atoms in total. The van der Waals surface area contributed by atoms with Crippen LogP contribution in [-0.2, 0) is 0 Å². The molecule has 0 saturated carbocycles. The first-order valence-corrected chi connectivity index (χ1v) is 6.25. The van der Waals surface area contributed by atoms with Crippen LogP contribution in [0.1, 0.15) is 19.3 Å². The number of hydrogen-bond acceptors (Lipinski definition) is 2. The molecule has 0 fully saturated rings. The third-order valence-electron chi connectivity index (χ3n) is 2.64. The number of halogens is 1. The lowest BCUT2D eigenvalue weighted by atomic mass is 10.1. The molecule has 1 aliphatic rings. The summed E-state index contributed by atoms with van der Waals surface area (Å²) in [6.07, 6.45) is 5.73. The molecule has 0 saturated heterocycles. The van der Waals surface area contributed by atoms with E-state index in [2.05, 4.69) is 22.0 Å². The summed E-state index contributed by atoms with van der Waals surface area (Å²) < 4.78 is 12.2. The zero-order chi connectivity index (χ0) is 11.4. The summed E-state index contributed by atoms with van der Waals surface area (Å²) >= 11 is 3.55.